The van der Waals surface area contributed by atoms with Gasteiger partial charge in [0.25, 0.3) is 0 Å². The molecule has 1 aromatic rings. The molecule has 2 nitrogen and oxygen atoms in total. The zero-order chi connectivity index (χ0) is 32.4. The van der Waals surface area contributed by atoms with Crippen molar-refractivity contribution in [2.24, 2.45) is 45.3 Å². The van der Waals surface area contributed by atoms with Gasteiger partial charge in [-0.3, -0.25) is 5.32 Å². The van der Waals surface area contributed by atoms with Crippen molar-refractivity contribution in [1.82, 2.24) is 0 Å². The van der Waals surface area contributed by atoms with Gasteiger partial charge in [0.2, 0.25) is 0 Å². The minimum atomic E-state index is 0.0701. The summed E-state index contributed by atoms with van der Waals surface area (Å²) in [5.41, 5.74) is 9.39. The van der Waals surface area contributed by atoms with E-state index in [9.17, 15) is 0 Å². The molecule has 240 valence electrons. The van der Waals surface area contributed by atoms with Crippen molar-refractivity contribution < 1.29 is 0 Å². The molecule has 0 spiro atoms. The first-order valence-electron chi connectivity index (χ1n) is 17.6. The summed E-state index contributed by atoms with van der Waals surface area (Å²) in [4.78, 5) is 1.26. The van der Waals surface area contributed by atoms with Gasteiger partial charge in [0.05, 0.1) is 5.25 Å². The monoisotopic (exact) mass is 620 g/mol. The normalized spacial score (nSPS) is 40.2. The summed E-state index contributed by atoms with van der Waals surface area (Å²) in [6.45, 7) is 26.3. The fourth-order valence-electron chi connectivity index (χ4n) is 11.1. The Kier molecular flexibility index (Phi) is 8.42. The van der Waals surface area contributed by atoms with Crippen LogP contribution < -0.4 is 5.32 Å². The molecule has 5 aliphatic carbocycles. The van der Waals surface area contributed by atoms with Crippen LogP contribution in [-0.2, 0) is 0 Å². The maximum absolute atomic E-state index is 9.12. The molecule has 3 fully saturated rings. The zero-order valence-corrected chi connectivity index (χ0v) is 29.9. The van der Waals surface area contributed by atoms with E-state index < -0.39 is 0 Å². The van der Waals surface area contributed by atoms with E-state index in [1.165, 1.54) is 66.6 Å². The van der Waals surface area contributed by atoms with Gasteiger partial charge >= 0.3 is 0 Å². The van der Waals surface area contributed by atoms with Crippen LogP contribution in [0, 0.1) is 56.8 Å². The summed E-state index contributed by atoms with van der Waals surface area (Å²) in [5, 5.41) is 12.2. The Labute approximate surface area is 278 Å². The number of rotatable bonds is 7. The third kappa shape index (κ3) is 5.42. The first kappa shape index (κ1) is 32.5. The summed E-state index contributed by atoms with van der Waals surface area (Å²) >= 11 is 1.99. The number of anilines is 1. The highest BCUT2D eigenvalue weighted by molar-refractivity contribution is 8.00. The third-order valence-corrected chi connectivity index (χ3v) is 14.7. The van der Waals surface area contributed by atoms with Crippen molar-refractivity contribution >= 4 is 17.4 Å². The molecule has 0 radical (unpaired) electrons. The predicted molar refractivity (Wildman–Crippen MR) is 193 cm³/mol. The van der Waals surface area contributed by atoms with E-state index >= 15 is 0 Å². The highest BCUT2D eigenvalue weighted by Crippen LogP contribution is 2.74. The van der Waals surface area contributed by atoms with Gasteiger partial charge in [-0.15, -0.1) is 24.9 Å². The first-order valence-corrected chi connectivity index (χ1v) is 18.5. The lowest BCUT2D eigenvalue weighted by atomic mass is 9.35. The van der Waals surface area contributed by atoms with E-state index in [4.69, 9.17) is 5.26 Å². The quantitative estimate of drug-likeness (QED) is 0.187. The van der Waals surface area contributed by atoms with Crippen molar-refractivity contribution in [3.8, 4) is 6.19 Å². The fraction of sp³-hybridized carbons (Fsp3) is 0.595. The van der Waals surface area contributed by atoms with E-state index in [0.29, 0.717) is 22.7 Å². The molecule has 0 aromatic heterocycles. The van der Waals surface area contributed by atoms with Gasteiger partial charge in [0.15, 0.2) is 6.19 Å². The van der Waals surface area contributed by atoms with Crippen LogP contribution in [0.3, 0.4) is 0 Å². The maximum atomic E-state index is 9.12. The molecule has 0 heterocycles. The van der Waals surface area contributed by atoms with Crippen LogP contribution >= 0.6 is 11.8 Å². The van der Waals surface area contributed by atoms with Gasteiger partial charge in [-0.2, -0.15) is 5.26 Å². The van der Waals surface area contributed by atoms with Crippen molar-refractivity contribution in [2.75, 3.05) is 5.32 Å². The number of hydrogen-bond donors (Lipinski definition) is 1. The van der Waals surface area contributed by atoms with Crippen molar-refractivity contribution in [3.63, 3.8) is 0 Å². The summed E-state index contributed by atoms with van der Waals surface area (Å²) in [6.07, 6.45) is 21.7. The number of thioether (sulfide) groups is 1. The van der Waals surface area contributed by atoms with Gasteiger partial charge in [0.1, 0.15) is 0 Å². The Morgan fingerprint density at radius 3 is 2.22 bits per heavy atom. The zero-order valence-electron chi connectivity index (χ0n) is 29.1. The molecule has 0 aliphatic heterocycles. The van der Waals surface area contributed by atoms with E-state index in [1.54, 1.807) is 11.1 Å². The highest BCUT2D eigenvalue weighted by Gasteiger charge is 2.65. The minimum absolute atomic E-state index is 0.0701. The van der Waals surface area contributed by atoms with Crippen LogP contribution in [0.2, 0.25) is 0 Å². The van der Waals surface area contributed by atoms with Crippen molar-refractivity contribution in [2.45, 2.75) is 116 Å². The summed E-state index contributed by atoms with van der Waals surface area (Å²) in [5.74, 6) is 2.47. The molecule has 3 saturated carbocycles. The Bertz CT molecular complexity index is 1500. The summed E-state index contributed by atoms with van der Waals surface area (Å²) < 4.78 is 0. The molecule has 1 aromatic carbocycles. The lowest BCUT2D eigenvalue weighted by molar-refractivity contribution is -0.153. The van der Waals surface area contributed by atoms with Crippen molar-refractivity contribution in [3.05, 3.63) is 83.5 Å². The van der Waals surface area contributed by atoms with Gasteiger partial charge in [-0.05, 0) is 141 Å². The van der Waals surface area contributed by atoms with Crippen LogP contribution in [-0.4, -0.2) is 5.25 Å². The second-order valence-electron chi connectivity index (χ2n) is 16.9. The molecule has 9 atom stereocenters. The van der Waals surface area contributed by atoms with Crippen LogP contribution in [0.15, 0.2) is 88.4 Å². The number of hydrogen-bond acceptors (Lipinski definition) is 3. The van der Waals surface area contributed by atoms with E-state index in [0.717, 1.165) is 30.4 Å². The van der Waals surface area contributed by atoms with Gasteiger partial charge in [0, 0.05) is 16.0 Å². The molecular formula is C42H56N2S. The second-order valence-corrected chi connectivity index (χ2v) is 18.1. The van der Waals surface area contributed by atoms with Gasteiger partial charge in [-0.1, -0.05) is 76.0 Å². The smallest absolute Gasteiger partial charge is 0.181 e. The third-order valence-electron chi connectivity index (χ3n) is 13.6. The topological polar surface area (TPSA) is 35.8 Å². The van der Waals surface area contributed by atoms with Crippen molar-refractivity contribution in [1.29, 1.82) is 5.26 Å². The molecule has 0 saturated heterocycles. The lowest BCUT2D eigenvalue weighted by Gasteiger charge is -2.69. The number of fused-ring (bicyclic) bond motifs is 7. The Morgan fingerprint density at radius 2 is 1.58 bits per heavy atom. The lowest BCUT2D eigenvalue weighted by Crippen LogP contribution is -2.60. The minimum Gasteiger partial charge on any atom is -0.293 e. The van der Waals surface area contributed by atoms with E-state index in [1.807, 2.05) is 23.9 Å². The van der Waals surface area contributed by atoms with Gasteiger partial charge < -0.3 is 0 Å². The van der Waals surface area contributed by atoms with Crippen LogP contribution in [0.5, 0.6) is 0 Å². The largest absolute Gasteiger partial charge is 0.293 e. The average Bonchev–Trinajstić information content (AvgIpc) is 2.96. The first-order chi connectivity index (χ1) is 21.2. The van der Waals surface area contributed by atoms with E-state index in [2.05, 4.69) is 103 Å². The number of nitriles is 1. The summed E-state index contributed by atoms with van der Waals surface area (Å²) in [6, 6.07) is 8.44. The fourth-order valence-corrected chi connectivity index (χ4v) is 12.3. The molecule has 0 amide bonds. The van der Waals surface area contributed by atoms with E-state index in [-0.39, 0.29) is 16.1 Å². The molecule has 9 unspecified atom stereocenters. The number of nitrogens with one attached hydrogen (secondary N) is 1. The Hall–Kier alpha value is -2.44. The summed E-state index contributed by atoms with van der Waals surface area (Å²) in [7, 11) is 0. The molecule has 0 bridgehead atoms. The Morgan fingerprint density at radius 1 is 0.911 bits per heavy atom. The molecule has 3 heteroatoms. The predicted octanol–water partition coefficient (Wildman–Crippen LogP) is 12.1. The van der Waals surface area contributed by atoms with Crippen LogP contribution in [0.4, 0.5) is 5.69 Å². The number of allylic oxidation sites excluding steroid dienone is 6. The molecule has 6 rings (SSSR count). The maximum Gasteiger partial charge on any atom is 0.181 e. The molecule has 1 N–H and O–H groups in total. The van der Waals surface area contributed by atoms with Crippen LogP contribution in [0.25, 0.3) is 0 Å². The number of benzene rings is 1. The number of nitrogens with zero attached hydrogens (tertiary/aromatic N) is 1. The second kappa shape index (κ2) is 11.7. The SMILES string of the molecule is C=C(C)CC1C=C2C(=CC1CC(=C)C)C1(C)CCC3C(C)(CCC4(C)CCC(C)CC34C)C1=CC2Sc1ccc(NC#N)cc1. The molecule has 45 heavy (non-hydrogen) atoms. The highest BCUT2D eigenvalue weighted by atomic mass is 32.2. The molecule has 5 aliphatic rings. The van der Waals surface area contributed by atoms with Crippen LogP contribution in [0.1, 0.15) is 106 Å². The van der Waals surface area contributed by atoms with Gasteiger partial charge in [-0.25, -0.2) is 0 Å². The molecular weight excluding hydrogens is 565 g/mol. The standard InChI is InChI=1S/C42H56N2S/c1-27(2)20-30-22-34-35(23-31(30)21-28(3)4)40(7)17-15-37-41(8,19-18-39(6)16-14-29(5)25-42(37,39)9)38(40)24-36(34)45-33-12-10-32(11-13-33)44-26-43/h10-13,22-24,29-31,36-37,44H,1,3,14-21,25H2,2,4-9H3. The Balaban J connectivity index is 1.48. The average molecular weight is 621 g/mol.